The maximum Gasteiger partial charge on any atom is 0.227 e. The summed E-state index contributed by atoms with van der Waals surface area (Å²) in [6.07, 6.45) is 10.0. The second kappa shape index (κ2) is 20.5. The van der Waals surface area contributed by atoms with Gasteiger partial charge in [0.05, 0.1) is 39.8 Å². The fraction of sp³-hybridized carbons (Fsp3) is 0.169. The lowest BCUT2D eigenvalue weighted by Crippen LogP contribution is -2.42. The fourth-order valence-electron chi connectivity index (χ4n) is 13.0. The first kappa shape index (κ1) is 51.1. The monoisotopic (exact) mass is 1090 g/mol. The van der Waals surface area contributed by atoms with Crippen molar-refractivity contribution in [1.82, 2.24) is 15.0 Å². The zero-order valence-corrected chi connectivity index (χ0v) is 47.8. The number of nitrogens with zero attached hydrogens (tertiary/aromatic N) is 9. The molecule has 3 atom stereocenters. The van der Waals surface area contributed by atoms with Crippen LogP contribution in [-0.4, -0.2) is 39.5 Å². The summed E-state index contributed by atoms with van der Waals surface area (Å²) in [7, 11) is 0. The van der Waals surface area contributed by atoms with Crippen LogP contribution in [-0.2, 0) is 0 Å². The van der Waals surface area contributed by atoms with E-state index in [1.165, 1.54) is 50.8 Å². The number of benzene rings is 7. The Bertz CT molecular complexity index is 4610. The van der Waals surface area contributed by atoms with Crippen LogP contribution in [0.3, 0.4) is 0 Å². The molecule has 12 heteroatoms. The van der Waals surface area contributed by atoms with E-state index in [9.17, 15) is 0 Å². The maximum absolute atomic E-state index is 6.31. The molecule has 13 aromatic rings. The molecule has 3 unspecified atom stereocenters. The fourth-order valence-corrected chi connectivity index (χ4v) is 13.0. The predicted molar refractivity (Wildman–Crippen MR) is 341 cm³/mol. The van der Waals surface area contributed by atoms with Crippen LogP contribution >= 0.6 is 0 Å². The Hall–Kier alpha value is -10.1. The Labute approximate surface area is 482 Å². The number of anilines is 9. The van der Waals surface area contributed by atoms with E-state index in [1.807, 2.05) is 24.3 Å². The van der Waals surface area contributed by atoms with Gasteiger partial charge < -0.3 is 42.7 Å². The Balaban J connectivity index is 0.000000111. The minimum atomic E-state index is 0.0928. The van der Waals surface area contributed by atoms with Crippen molar-refractivity contribution in [3.8, 4) is 0 Å². The van der Waals surface area contributed by atoms with Gasteiger partial charge in [-0.3, -0.25) is 0 Å². The summed E-state index contributed by atoms with van der Waals surface area (Å²) in [5.41, 5.74) is 18.9. The van der Waals surface area contributed by atoms with Gasteiger partial charge in [0.15, 0.2) is 16.7 Å². The number of rotatable bonds is 6. The van der Waals surface area contributed by atoms with Crippen LogP contribution in [0.4, 0.5) is 51.2 Å². The first-order valence-electron chi connectivity index (χ1n) is 28.6. The van der Waals surface area contributed by atoms with Crippen LogP contribution < -0.4 is 29.4 Å². The molecule has 12 nitrogen and oxygen atoms in total. The minimum absolute atomic E-state index is 0.0928. The lowest BCUT2D eigenvalue weighted by molar-refractivity contribution is 0.602. The lowest BCUT2D eigenvalue weighted by Gasteiger charge is -2.33. The average Bonchev–Trinajstić information content (AvgIpc) is 4.55. The molecule has 0 amide bonds. The Morgan fingerprint density at radius 2 is 0.735 bits per heavy atom. The third kappa shape index (κ3) is 8.38. The van der Waals surface area contributed by atoms with Gasteiger partial charge in [0.2, 0.25) is 17.1 Å². The van der Waals surface area contributed by atoms with Crippen LogP contribution in [0.1, 0.15) is 51.3 Å². The van der Waals surface area contributed by atoms with Gasteiger partial charge in [0.1, 0.15) is 18.5 Å². The standard InChI is InChI=1S/C26H21N3O.C23H23N3O.C22H19N3O/c1-17-14-15-20-21-11-8-16-27-26(21)30-25(20)24(17)29-18(2)28(19-9-4-3-5-10-19)22-12-6-7-13-23(22)29;1-14(2)25-16(4)26(20-10-6-5-9-19(20)25)21-15(3)11-12-17-18-8-7-13-24-23(18)27-22(17)21;1-15-10-11-18-19-9-6-12-23-22(19)26-21(18)20(15)25-14-13-24(16(25)2)17-7-4-3-5-8-17/h3-16,18H,1-2H3;5-14,16H,1-4H3;3-14,16H,1-2H3. The first-order valence-corrected chi connectivity index (χ1v) is 28.6. The highest BCUT2D eigenvalue weighted by atomic mass is 16.3. The molecule has 410 valence electrons. The van der Waals surface area contributed by atoms with Gasteiger partial charge in [-0.15, -0.1) is 0 Å². The summed E-state index contributed by atoms with van der Waals surface area (Å²) in [4.78, 5) is 27.4. The molecule has 6 aromatic heterocycles. The van der Waals surface area contributed by atoms with E-state index in [4.69, 9.17) is 13.3 Å². The Morgan fingerprint density at radius 1 is 0.349 bits per heavy atom. The summed E-state index contributed by atoms with van der Waals surface area (Å²) in [6.45, 7) is 17.6. The Kier molecular flexibility index (Phi) is 12.6. The molecule has 0 radical (unpaired) electrons. The molecule has 0 fully saturated rings. The topological polar surface area (TPSA) is 97.5 Å². The molecule has 7 aromatic carbocycles. The highest BCUT2D eigenvalue weighted by molar-refractivity contribution is 6.12. The van der Waals surface area contributed by atoms with E-state index in [0.717, 1.165) is 66.1 Å². The minimum Gasteiger partial charge on any atom is -0.435 e. The number of pyridine rings is 3. The molecule has 3 aliphatic heterocycles. The normalized spacial score (nSPS) is 16.5. The van der Waals surface area contributed by atoms with Crippen molar-refractivity contribution in [1.29, 1.82) is 0 Å². The van der Waals surface area contributed by atoms with E-state index in [1.54, 1.807) is 18.6 Å². The number of aromatic nitrogens is 3. The van der Waals surface area contributed by atoms with Crippen LogP contribution in [0.25, 0.3) is 66.2 Å². The summed E-state index contributed by atoms with van der Waals surface area (Å²) >= 11 is 0. The van der Waals surface area contributed by atoms with Gasteiger partial charge in [0.25, 0.3) is 0 Å². The largest absolute Gasteiger partial charge is 0.435 e. The molecule has 0 spiro atoms. The third-order valence-electron chi connectivity index (χ3n) is 16.7. The van der Waals surface area contributed by atoms with Crippen molar-refractivity contribution in [2.45, 2.75) is 79.9 Å². The lowest BCUT2D eigenvalue weighted by atomic mass is 10.1. The summed E-state index contributed by atoms with van der Waals surface area (Å²) in [6, 6.07) is 63.6. The maximum atomic E-state index is 6.31. The second-order valence-electron chi connectivity index (χ2n) is 22.0. The molecule has 83 heavy (non-hydrogen) atoms. The highest BCUT2D eigenvalue weighted by Crippen LogP contribution is 2.52. The van der Waals surface area contributed by atoms with Crippen LogP contribution in [0, 0.1) is 20.8 Å². The molecular weight excluding hydrogens is 1030 g/mol. The van der Waals surface area contributed by atoms with Crippen LogP contribution in [0.5, 0.6) is 0 Å². The number of aryl methyl sites for hydroxylation is 3. The van der Waals surface area contributed by atoms with Gasteiger partial charge in [-0.25, -0.2) is 15.0 Å². The number of para-hydroxylation sites is 6. The molecular formula is C71H63N9O3. The molecule has 0 saturated heterocycles. The van der Waals surface area contributed by atoms with E-state index in [2.05, 4.69) is 270 Å². The molecule has 16 rings (SSSR count). The molecule has 0 saturated carbocycles. The summed E-state index contributed by atoms with van der Waals surface area (Å²) in [5.74, 6) is 0. The summed E-state index contributed by atoms with van der Waals surface area (Å²) < 4.78 is 18.7. The quantitative estimate of drug-likeness (QED) is 0.159. The van der Waals surface area contributed by atoms with Gasteiger partial charge in [-0.05, 0) is 157 Å². The van der Waals surface area contributed by atoms with Crippen molar-refractivity contribution >= 4 is 117 Å². The zero-order chi connectivity index (χ0) is 56.6. The second-order valence-corrected chi connectivity index (χ2v) is 22.0. The average molecular weight is 1090 g/mol. The van der Waals surface area contributed by atoms with Crippen molar-refractivity contribution in [3.05, 3.63) is 230 Å². The number of furan rings is 3. The van der Waals surface area contributed by atoms with E-state index in [-0.39, 0.29) is 18.5 Å². The van der Waals surface area contributed by atoms with E-state index < -0.39 is 0 Å². The zero-order valence-electron chi connectivity index (χ0n) is 47.8. The van der Waals surface area contributed by atoms with Crippen molar-refractivity contribution in [2.75, 3.05) is 29.4 Å². The first-order chi connectivity index (χ1) is 40.5. The third-order valence-corrected chi connectivity index (χ3v) is 16.7. The molecule has 3 aliphatic rings. The number of hydrogen-bond acceptors (Lipinski definition) is 12. The van der Waals surface area contributed by atoms with Gasteiger partial charge in [-0.2, -0.15) is 0 Å². The molecule has 9 heterocycles. The van der Waals surface area contributed by atoms with Crippen LogP contribution in [0.2, 0.25) is 0 Å². The van der Waals surface area contributed by atoms with E-state index >= 15 is 0 Å². The van der Waals surface area contributed by atoms with Crippen LogP contribution in [0.15, 0.2) is 226 Å². The Morgan fingerprint density at radius 3 is 1.22 bits per heavy atom. The van der Waals surface area contributed by atoms with Crippen molar-refractivity contribution in [2.24, 2.45) is 0 Å². The number of hydrogen-bond donors (Lipinski definition) is 0. The van der Waals surface area contributed by atoms with Crippen molar-refractivity contribution < 1.29 is 13.3 Å². The molecule has 0 bridgehead atoms. The smallest absolute Gasteiger partial charge is 0.227 e. The molecule has 0 N–H and O–H groups in total. The van der Waals surface area contributed by atoms with Gasteiger partial charge >= 0.3 is 0 Å². The summed E-state index contributed by atoms with van der Waals surface area (Å²) in [5, 5.41) is 6.49. The van der Waals surface area contributed by atoms with E-state index in [0.29, 0.717) is 23.2 Å². The van der Waals surface area contributed by atoms with Crippen molar-refractivity contribution in [3.63, 3.8) is 0 Å². The highest BCUT2D eigenvalue weighted by Gasteiger charge is 2.39. The van der Waals surface area contributed by atoms with Gasteiger partial charge in [0, 0.05) is 80.7 Å². The predicted octanol–water partition coefficient (Wildman–Crippen LogP) is 18.4. The molecule has 0 aliphatic carbocycles. The number of fused-ring (bicyclic) bond motifs is 11. The SMILES string of the molecule is Cc1ccc2c(oc3ncccc32)c1N1C=CN(c2ccccc2)C1C.Cc1ccc2c(oc3ncccc32)c1N1c2ccccc2N(C(C)C)C1C.Cc1ccc2c(oc3ncccc32)c1N1c2ccccc2N(c2ccccc2)C1C. The van der Waals surface area contributed by atoms with Gasteiger partial charge in [-0.1, -0.05) is 97.1 Å².